The molecule has 26 heavy (non-hydrogen) atoms. The summed E-state index contributed by atoms with van der Waals surface area (Å²) in [5, 5.41) is 2.60. The van der Waals surface area contributed by atoms with E-state index in [1.54, 1.807) is 37.3 Å². The normalized spacial score (nSPS) is 12.2. The fourth-order valence-electron chi connectivity index (χ4n) is 2.11. The molecule has 0 aliphatic rings. The third-order valence-electron chi connectivity index (χ3n) is 3.44. The standard InChI is InChI=1S/C18H20N2O5S/c1-3-25-18(22)14-9-11-15(12-10-14)19-17(21)13(2)20-26(23,24)16-7-5-4-6-8-16/h4-13,20H,3H2,1-2H3,(H,19,21)/t13-/m0/s1. The van der Waals surface area contributed by atoms with E-state index in [-0.39, 0.29) is 11.5 Å². The van der Waals surface area contributed by atoms with Gasteiger partial charge in [-0.3, -0.25) is 4.79 Å². The van der Waals surface area contributed by atoms with E-state index in [1.165, 1.54) is 31.2 Å². The van der Waals surface area contributed by atoms with Gasteiger partial charge in [-0.1, -0.05) is 18.2 Å². The molecule has 1 atom stereocenters. The van der Waals surface area contributed by atoms with Gasteiger partial charge in [0.25, 0.3) is 0 Å². The van der Waals surface area contributed by atoms with Crippen molar-refractivity contribution in [2.24, 2.45) is 0 Å². The molecule has 0 saturated heterocycles. The molecule has 7 nitrogen and oxygen atoms in total. The number of rotatable bonds is 7. The molecular formula is C18H20N2O5S. The first-order valence-corrected chi connectivity index (χ1v) is 9.47. The highest BCUT2D eigenvalue weighted by Crippen LogP contribution is 2.12. The minimum atomic E-state index is -3.79. The van der Waals surface area contributed by atoms with E-state index in [1.807, 2.05) is 0 Å². The molecule has 0 heterocycles. The van der Waals surface area contributed by atoms with E-state index < -0.39 is 27.9 Å². The average molecular weight is 376 g/mol. The summed E-state index contributed by atoms with van der Waals surface area (Å²) in [4.78, 5) is 23.9. The second-order valence-electron chi connectivity index (χ2n) is 5.44. The van der Waals surface area contributed by atoms with Crippen LogP contribution in [0.4, 0.5) is 5.69 Å². The third-order valence-corrected chi connectivity index (χ3v) is 5.00. The topological polar surface area (TPSA) is 102 Å². The van der Waals surface area contributed by atoms with Gasteiger partial charge in [-0.05, 0) is 50.2 Å². The van der Waals surface area contributed by atoms with Crippen molar-refractivity contribution in [3.8, 4) is 0 Å². The van der Waals surface area contributed by atoms with Gasteiger partial charge in [-0.15, -0.1) is 0 Å². The number of carbonyl (C=O) groups is 2. The Hall–Kier alpha value is -2.71. The Kier molecular flexibility index (Phi) is 6.48. The average Bonchev–Trinajstić information content (AvgIpc) is 2.63. The van der Waals surface area contributed by atoms with Gasteiger partial charge >= 0.3 is 5.97 Å². The first-order valence-electron chi connectivity index (χ1n) is 7.99. The number of nitrogens with one attached hydrogen (secondary N) is 2. The number of esters is 1. The molecule has 1 amide bonds. The molecule has 2 aromatic rings. The smallest absolute Gasteiger partial charge is 0.338 e. The zero-order valence-electron chi connectivity index (χ0n) is 14.4. The van der Waals surface area contributed by atoms with Crippen molar-refractivity contribution >= 4 is 27.6 Å². The predicted octanol–water partition coefficient (Wildman–Crippen LogP) is 2.17. The minimum Gasteiger partial charge on any atom is -0.462 e. The number of anilines is 1. The van der Waals surface area contributed by atoms with E-state index >= 15 is 0 Å². The van der Waals surface area contributed by atoms with Gasteiger partial charge in [-0.25, -0.2) is 13.2 Å². The highest BCUT2D eigenvalue weighted by Gasteiger charge is 2.22. The largest absolute Gasteiger partial charge is 0.462 e. The number of hydrogen-bond acceptors (Lipinski definition) is 5. The molecular weight excluding hydrogens is 356 g/mol. The Morgan fingerprint density at radius 2 is 1.65 bits per heavy atom. The predicted molar refractivity (Wildman–Crippen MR) is 97.3 cm³/mol. The Bertz CT molecular complexity index is 864. The molecule has 0 aromatic heterocycles. The molecule has 2 rings (SSSR count). The summed E-state index contributed by atoms with van der Waals surface area (Å²) in [6, 6.07) is 12.9. The molecule has 0 bridgehead atoms. The van der Waals surface area contributed by atoms with Crippen LogP contribution in [0.3, 0.4) is 0 Å². The lowest BCUT2D eigenvalue weighted by Gasteiger charge is -2.14. The molecule has 0 radical (unpaired) electrons. The van der Waals surface area contributed by atoms with Gasteiger partial charge in [0.15, 0.2) is 0 Å². The fourth-order valence-corrected chi connectivity index (χ4v) is 3.33. The molecule has 138 valence electrons. The minimum absolute atomic E-state index is 0.0819. The summed E-state index contributed by atoms with van der Waals surface area (Å²) in [7, 11) is -3.79. The maximum Gasteiger partial charge on any atom is 0.338 e. The van der Waals surface area contributed by atoms with Crippen LogP contribution in [0.2, 0.25) is 0 Å². The van der Waals surface area contributed by atoms with Gasteiger partial charge in [0.2, 0.25) is 15.9 Å². The second-order valence-corrected chi connectivity index (χ2v) is 7.16. The van der Waals surface area contributed by atoms with Crippen LogP contribution in [-0.4, -0.2) is 32.9 Å². The Balaban J connectivity index is 2.00. The van der Waals surface area contributed by atoms with Crippen LogP contribution in [0, 0.1) is 0 Å². The first-order chi connectivity index (χ1) is 12.3. The monoisotopic (exact) mass is 376 g/mol. The highest BCUT2D eigenvalue weighted by molar-refractivity contribution is 7.89. The number of amides is 1. The van der Waals surface area contributed by atoms with Crippen LogP contribution in [0.1, 0.15) is 24.2 Å². The number of ether oxygens (including phenoxy) is 1. The van der Waals surface area contributed by atoms with Gasteiger partial charge < -0.3 is 10.1 Å². The van der Waals surface area contributed by atoms with Crippen LogP contribution in [-0.2, 0) is 19.6 Å². The zero-order chi connectivity index (χ0) is 19.2. The SMILES string of the molecule is CCOC(=O)c1ccc(NC(=O)[C@H](C)NS(=O)(=O)c2ccccc2)cc1. The van der Waals surface area contributed by atoms with Crippen molar-refractivity contribution in [3.05, 3.63) is 60.2 Å². The van der Waals surface area contributed by atoms with E-state index in [2.05, 4.69) is 10.0 Å². The summed E-state index contributed by atoms with van der Waals surface area (Å²) in [5.41, 5.74) is 0.802. The molecule has 2 aromatic carbocycles. The van der Waals surface area contributed by atoms with Crippen LogP contribution < -0.4 is 10.0 Å². The molecule has 8 heteroatoms. The van der Waals surface area contributed by atoms with Crippen molar-refractivity contribution in [3.63, 3.8) is 0 Å². The van der Waals surface area contributed by atoms with Crippen molar-refractivity contribution < 1.29 is 22.7 Å². The number of benzene rings is 2. The van der Waals surface area contributed by atoms with E-state index in [9.17, 15) is 18.0 Å². The number of sulfonamides is 1. The number of carbonyl (C=O) groups excluding carboxylic acids is 2. The van der Waals surface area contributed by atoms with Gasteiger partial charge in [-0.2, -0.15) is 4.72 Å². The Morgan fingerprint density at radius 3 is 2.23 bits per heavy atom. The molecule has 2 N–H and O–H groups in total. The molecule has 0 aliphatic carbocycles. The van der Waals surface area contributed by atoms with Crippen LogP contribution in [0.5, 0.6) is 0 Å². The van der Waals surface area contributed by atoms with Crippen LogP contribution in [0.25, 0.3) is 0 Å². The molecule has 0 fully saturated rings. The lowest BCUT2D eigenvalue weighted by Crippen LogP contribution is -2.41. The Morgan fingerprint density at radius 1 is 1.04 bits per heavy atom. The van der Waals surface area contributed by atoms with E-state index in [0.29, 0.717) is 11.3 Å². The van der Waals surface area contributed by atoms with Gasteiger partial charge in [0.05, 0.1) is 23.1 Å². The fraction of sp³-hybridized carbons (Fsp3) is 0.222. The zero-order valence-corrected chi connectivity index (χ0v) is 15.2. The van der Waals surface area contributed by atoms with E-state index in [0.717, 1.165) is 0 Å². The first kappa shape index (κ1) is 19.6. The summed E-state index contributed by atoms with van der Waals surface area (Å²) >= 11 is 0. The lowest BCUT2D eigenvalue weighted by atomic mass is 10.2. The van der Waals surface area contributed by atoms with Crippen molar-refractivity contribution in [1.82, 2.24) is 4.72 Å². The molecule has 0 aliphatic heterocycles. The lowest BCUT2D eigenvalue weighted by molar-refractivity contribution is -0.117. The van der Waals surface area contributed by atoms with E-state index in [4.69, 9.17) is 4.74 Å². The third kappa shape index (κ3) is 5.14. The van der Waals surface area contributed by atoms with Crippen molar-refractivity contribution in [2.75, 3.05) is 11.9 Å². The molecule has 0 unspecified atom stereocenters. The quantitative estimate of drug-likeness (QED) is 0.721. The van der Waals surface area contributed by atoms with Crippen LogP contribution >= 0.6 is 0 Å². The Labute approximate surface area is 152 Å². The molecule has 0 saturated carbocycles. The summed E-state index contributed by atoms with van der Waals surface area (Å²) in [5.74, 6) is -0.970. The van der Waals surface area contributed by atoms with Gasteiger partial charge in [0.1, 0.15) is 0 Å². The number of hydrogen-bond donors (Lipinski definition) is 2. The molecule has 0 spiro atoms. The maximum absolute atomic E-state index is 12.2. The van der Waals surface area contributed by atoms with Crippen LogP contribution in [0.15, 0.2) is 59.5 Å². The van der Waals surface area contributed by atoms with Crippen molar-refractivity contribution in [2.45, 2.75) is 24.8 Å². The van der Waals surface area contributed by atoms with Gasteiger partial charge in [0, 0.05) is 5.69 Å². The maximum atomic E-state index is 12.2. The van der Waals surface area contributed by atoms with Crippen molar-refractivity contribution in [1.29, 1.82) is 0 Å². The summed E-state index contributed by atoms with van der Waals surface area (Å²) in [6.45, 7) is 3.43. The summed E-state index contributed by atoms with van der Waals surface area (Å²) in [6.07, 6.45) is 0. The second kappa shape index (κ2) is 8.59. The summed E-state index contributed by atoms with van der Waals surface area (Å²) < 4.78 is 31.7. The highest BCUT2D eigenvalue weighted by atomic mass is 32.2.